The predicted octanol–water partition coefficient (Wildman–Crippen LogP) is 3.11. The summed E-state index contributed by atoms with van der Waals surface area (Å²) in [6, 6.07) is 0. The average Bonchev–Trinajstić information content (AvgIpc) is 2.28. The molecule has 0 aliphatic rings. The largest absolute Gasteiger partial charge is 0.463 e. The molecular weight excluding hydrogens is 244 g/mol. The van der Waals surface area contributed by atoms with E-state index in [4.69, 9.17) is 9.47 Å². The summed E-state index contributed by atoms with van der Waals surface area (Å²) in [7, 11) is 0. The van der Waals surface area contributed by atoms with E-state index in [-0.39, 0.29) is 5.41 Å². The first-order valence-corrected chi connectivity index (χ1v) is 6.72. The van der Waals surface area contributed by atoms with Crippen LogP contribution < -0.4 is 0 Å². The van der Waals surface area contributed by atoms with Crippen molar-refractivity contribution in [1.82, 2.24) is 0 Å². The molecule has 0 aromatic heterocycles. The van der Waals surface area contributed by atoms with Crippen molar-refractivity contribution in [2.45, 2.75) is 47.5 Å². The number of hydrogen-bond acceptors (Lipinski definition) is 4. The Hall–Kier alpha value is -1.32. The van der Waals surface area contributed by atoms with Crippen molar-refractivity contribution in [2.24, 2.45) is 11.3 Å². The van der Waals surface area contributed by atoms with E-state index < -0.39 is 11.9 Å². The lowest BCUT2D eigenvalue weighted by Gasteiger charge is -2.16. The van der Waals surface area contributed by atoms with Crippen molar-refractivity contribution in [3.8, 4) is 0 Å². The highest BCUT2D eigenvalue weighted by atomic mass is 16.5. The van der Waals surface area contributed by atoms with Gasteiger partial charge >= 0.3 is 11.9 Å². The van der Waals surface area contributed by atoms with Crippen LogP contribution in [0.4, 0.5) is 0 Å². The van der Waals surface area contributed by atoms with Crippen molar-refractivity contribution in [3.63, 3.8) is 0 Å². The fraction of sp³-hybridized carbons (Fsp3) is 0.733. The van der Waals surface area contributed by atoms with Crippen LogP contribution in [-0.2, 0) is 19.1 Å². The van der Waals surface area contributed by atoms with Gasteiger partial charge in [0.25, 0.3) is 0 Å². The van der Waals surface area contributed by atoms with E-state index in [0.29, 0.717) is 19.1 Å². The molecule has 0 fully saturated rings. The molecule has 0 aromatic rings. The van der Waals surface area contributed by atoms with Crippen LogP contribution in [0.5, 0.6) is 0 Å². The number of carbonyl (C=O) groups is 2. The molecule has 4 heteroatoms. The zero-order valence-electron chi connectivity index (χ0n) is 12.7. The van der Waals surface area contributed by atoms with Gasteiger partial charge in [0, 0.05) is 12.2 Å². The minimum atomic E-state index is -0.519. The predicted molar refractivity (Wildman–Crippen MR) is 74.6 cm³/mol. The lowest BCUT2D eigenvalue weighted by molar-refractivity contribution is -0.142. The van der Waals surface area contributed by atoms with Gasteiger partial charge in [0.1, 0.15) is 0 Å². The lowest BCUT2D eigenvalue weighted by atomic mass is 9.99. The highest BCUT2D eigenvalue weighted by molar-refractivity contribution is 5.91. The quantitative estimate of drug-likeness (QED) is 0.405. The number of carbonyl (C=O) groups excluding carboxylic acids is 2. The fourth-order valence-corrected chi connectivity index (χ4v) is 1.18. The molecule has 0 aromatic carbocycles. The molecule has 0 aliphatic carbocycles. The maximum absolute atomic E-state index is 11.3. The zero-order valence-corrected chi connectivity index (χ0v) is 12.7. The summed E-state index contributed by atoms with van der Waals surface area (Å²) in [5.41, 5.74) is -0.0825. The molecule has 0 atom stereocenters. The van der Waals surface area contributed by atoms with Crippen LogP contribution in [0, 0.1) is 11.3 Å². The minimum absolute atomic E-state index is 0.0825. The summed E-state index contributed by atoms with van der Waals surface area (Å²) in [5, 5.41) is 0. The van der Waals surface area contributed by atoms with E-state index in [9.17, 15) is 9.59 Å². The Kier molecular flexibility index (Phi) is 8.12. The molecule has 0 spiro atoms. The summed E-state index contributed by atoms with van der Waals surface area (Å²) in [4.78, 5) is 22.6. The molecule has 0 amide bonds. The first-order chi connectivity index (χ1) is 8.70. The topological polar surface area (TPSA) is 52.6 Å². The maximum Gasteiger partial charge on any atom is 0.331 e. The second-order valence-corrected chi connectivity index (χ2v) is 6.21. The molecule has 0 bridgehead atoms. The third-order valence-electron chi connectivity index (χ3n) is 2.17. The van der Waals surface area contributed by atoms with Gasteiger partial charge < -0.3 is 9.47 Å². The highest BCUT2D eigenvalue weighted by Gasteiger charge is 2.12. The molecule has 19 heavy (non-hydrogen) atoms. The van der Waals surface area contributed by atoms with Crippen LogP contribution in [0.3, 0.4) is 0 Å². The van der Waals surface area contributed by atoms with Crippen LogP contribution in [0.25, 0.3) is 0 Å². The smallest absolute Gasteiger partial charge is 0.331 e. The second-order valence-electron chi connectivity index (χ2n) is 6.21. The summed E-state index contributed by atoms with van der Waals surface area (Å²) >= 11 is 0. The summed E-state index contributed by atoms with van der Waals surface area (Å²) in [6.07, 6.45) is 4.08. The van der Waals surface area contributed by atoms with Gasteiger partial charge in [-0.2, -0.15) is 0 Å². The normalized spacial score (nSPS) is 11.9. The van der Waals surface area contributed by atoms with Crippen molar-refractivity contribution in [3.05, 3.63) is 12.2 Å². The average molecular weight is 270 g/mol. The second kappa shape index (κ2) is 8.73. The third kappa shape index (κ3) is 12.9. The molecule has 0 saturated carbocycles. The third-order valence-corrected chi connectivity index (χ3v) is 2.17. The zero-order chi connectivity index (χ0) is 14.9. The first-order valence-electron chi connectivity index (χ1n) is 6.72. The van der Waals surface area contributed by atoms with Crippen LogP contribution in [0.15, 0.2) is 12.2 Å². The van der Waals surface area contributed by atoms with Gasteiger partial charge in [-0.25, -0.2) is 9.59 Å². The Balaban J connectivity index is 3.79. The van der Waals surface area contributed by atoms with Gasteiger partial charge in [-0.3, -0.25) is 0 Å². The molecule has 0 heterocycles. The lowest BCUT2D eigenvalue weighted by Crippen LogP contribution is -2.17. The highest BCUT2D eigenvalue weighted by Crippen LogP contribution is 2.12. The van der Waals surface area contributed by atoms with E-state index in [0.717, 1.165) is 25.0 Å². The molecular formula is C15H26O4. The molecule has 110 valence electrons. The van der Waals surface area contributed by atoms with Gasteiger partial charge in [0.05, 0.1) is 13.2 Å². The van der Waals surface area contributed by atoms with Crippen LogP contribution in [0.2, 0.25) is 0 Å². The molecule has 0 unspecified atom stereocenters. The first kappa shape index (κ1) is 17.7. The van der Waals surface area contributed by atoms with Crippen molar-refractivity contribution in [1.29, 1.82) is 0 Å². The summed E-state index contributed by atoms with van der Waals surface area (Å²) in [6.45, 7) is 10.8. The minimum Gasteiger partial charge on any atom is -0.463 e. The molecule has 4 nitrogen and oxygen atoms in total. The van der Waals surface area contributed by atoms with Crippen LogP contribution >= 0.6 is 0 Å². The number of esters is 2. The van der Waals surface area contributed by atoms with E-state index in [1.54, 1.807) is 0 Å². The number of hydrogen-bond donors (Lipinski definition) is 0. The van der Waals surface area contributed by atoms with E-state index in [2.05, 4.69) is 13.8 Å². The van der Waals surface area contributed by atoms with Gasteiger partial charge in [-0.15, -0.1) is 0 Å². The van der Waals surface area contributed by atoms with Crippen molar-refractivity contribution in [2.75, 3.05) is 13.2 Å². The summed E-state index contributed by atoms with van der Waals surface area (Å²) in [5.74, 6) is -0.424. The Labute approximate surface area is 116 Å². The van der Waals surface area contributed by atoms with E-state index in [1.807, 2.05) is 20.8 Å². The van der Waals surface area contributed by atoms with Gasteiger partial charge in [0.15, 0.2) is 0 Å². The van der Waals surface area contributed by atoms with Crippen molar-refractivity contribution >= 4 is 11.9 Å². The fourth-order valence-electron chi connectivity index (χ4n) is 1.18. The SMILES string of the molecule is CC(C)CCCOC(=O)/C=C/C(=O)OCC(C)(C)C. The van der Waals surface area contributed by atoms with E-state index >= 15 is 0 Å². The van der Waals surface area contributed by atoms with Crippen molar-refractivity contribution < 1.29 is 19.1 Å². The van der Waals surface area contributed by atoms with E-state index in [1.165, 1.54) is 0 Å². The Bertz CT molecular complexity index is 311. The molecule has 0 saturated heterocycles. The Morgan fingerprint density at radius 2 is 1.58 bits per heavy atom. The van der Waals surface area contributed by atoms with Crippen LogP contribution in [0.1, 0.15) is 47.5 Å². The standard InChI is InChI=1S/C15H26O4/c1-12(2)7-6-10-18-13(16)8-9-14(17)19-11-15(3,4)5/h8-9,12H,6-7,10-11H2,1-5H3/b9-8+. The van der Waals surface area contributed by atoms with Crippen LogP contribution in [-0.4, -0.2) is 25.2 Å². The molecule has 0 rings (SSSR count). The number of rotatable bonds is 7. The van der Waals surface area contributed by atoms with Gasteiger partial charge in [-0.1, -0.05) is 34.6 Å². The Morgan fingerprint density at radius 1 is 1.05 bits per heavy atom. The summed E-state index contributed by atoms with van der Waals surface area (Å²) < 4.78 is 9.94. The molecule has 0 N–H and O–H groups in total. The number of ether oxygens (including phenoxy) is 2. The maximum atomic E-state index is 11.3. The molecule has 0 radical (unpaired) electrons. The van der Waals surface area contributed by atoms with Gasteiger partial charge in [0.2, 0.25) is 0 Å². The Morgan fingerprint density at radius 3 is 2.05 bits per heavy atom. The van der Waals surface area contributed by atoms with Gasteiger partial charge in [-0.05, 0) is 24.2 Å². The monoisotopic (exact) mass is 270 g/mol. The molecule has 0 aliphatic heterocycles.